The van der Waals surface area contributed by atoms with E-state index in [9.17, 15) is 9.59 Å². The first-order valence-corrected chi connectivity index (χ1v) is 5.97. The minimum absolute atomic E-state index is 0.207. The van der Waals surface area contributed by atoms with Crippen molar-refractivity contribution in [3.05, 3.63) is 21.4 Å². The largest absolute Gasteiger partial charge is 0.294 e. The van der Waals surface area contributed by atoms with E-state index in [0.29, 0.717) is 19.6 Å². The predicted octanol–water partition coefficient (Wildman–Crippen LogP) is 0.823. The van der Waals surface area contributed by atoms with Crippen molar-refractivity contribution < 1.29 is 9.59 Å². The van der Waals surface area contributed by atoms with Gasteiger partial charge in [0.1, 0.15) is 0 Å². The van der Waals surface area contributed by atoms with Crippen molar-refractivity contribution in [2.75, 3.05) is 13.1 Å². The molecule has 0 aliphatic carbocycles. The highest BCUT2D eigenvalue weighted by atomic mass is 32.1. The van der Waals surface area contributed by atoms with Gasteiger partial charge < -0.3 is 0 Å². The molecule has 1 aliphatic rings. The molecule has 1 fully saturated rings. The van der Waals surface area contributed by atoms with Crippen molar-refractivity contribution in [1.29, 1.82) is 0 Å². The molecule has 1 N–H and O–H groups in total. The standard InChI is InChI=1S/C11H14N2O2S/c1-7-3-9(16-8(7)2)4-13-5-10(14)12-11(15)6-13/h3H,4-6H2,1-2H3,(H,12,14,15). The van der Waals surface area contributed by atoms with Gasteiger partial charge in [0, 0.05) is 16.3 Å². The molecule has 1 aromatic heterocycles. The minimum atomic E-state index is -0.207. The summed E-state index contributed by atoms with van der Waals surface area (Å²) in [6, 6.07) is 2.12. The molecule has 0 spiro atoms. The summed E-state index contributed by atoms with van der Waals surface area (Å²) in [7, 11) is 0. The number of piperazine rings is 1. The average molecular weight is 238 g/mol. The summed E-state index contributed by atoms with van der Waals surface area (Å²) in [5, 5.41) is 2.30. The number of hydrogen-bond donors (Lipinski definition) is 1. The Morgan fingerprint density at radius 1 is 1.31 bits per heavy atom. The molecule has 2 amide bonds. The Bertz CT molecular complexity index is 404. The van der Waals surface area contributed by atoms with E-state index in [-0.39, 0.29) is 11.8 Å². The van der Waals surface area contributed by atoms with Gasteiger partial charge in [-0.2, -0.15) is 0 Å². The van der Waals surface area contributed by atoms with Crippen LogP contribution in [-0.2, 0) is 16.1 Å². The highest BCUT2D eigenvalue weighted by Gasteiger charge is 2.22. The van der Waals surface area contributed by atoms with Crippen molar-refractivity contribution in [2.45, 2.75) is 20.4 Å². The molecule has 1 aromatic rings. The van der Waals surface area contributed by atoms with Crippen LogP contribution in [0.1, 0.15) is 15.3 Å². The van der Waals surface area contributed by atoms with Crippen LogP contribution in [0.4, 0.5) is 0 Å². The minimum Gasteiger partial charge on any atom is -0.294 e. The van der Waals surface area contributed by atoms with Crippen LogP contribution in [-0.4, -0.2) is 29.8 Å². The Morgan fingerprint density at radius 2 is 1.94 bits per heavy atom. The SMILES string of the molecule is Cc1cc(CN2CC(=O)NC(=O)C2)sc1C. The summed E-state index contributed by atoms with van der Waals surface area (Å²) in [5.74, 6) is -0.414. The Kier molecular flexibility index (Phi) is 3.07. The molecule has 86 valence electrons. The third kappa shape index (κ3) is 2.48. The molecule has 1 aliphatic heterocycles. The zero-order valence-corrected chi connectivity index (χ0v) is 10.2. The van der Waals surface area contributed by atoms with Crippen molar-refractivity contribution in [3.8, 4) is 0 Å². The summed E-state index contributed by atoms with van der Waals surface area (Å²) in [6.45, 7) is 5.45. The fourth-order valence-electron chi connectivity index (χ4n) is 1.76. The Hall–Kier alpha value is -1.20. The zero-order chi connectivity index (χ0) is 11.7. The lowest BCUT2D eigenvalue weighted by molar-refractivity contribution is -0.136. The molecule has 0 atom stereocenters. The van der Waals surface area contributed by atoms with Crippen LogP contribution < -0.4 is 5.32 Å². The molecule has 0 bridgehead atoms. The maximum absolute atomic E-state index is 11.2. The number of amides is 2. The van der Waals surface area contributed by atoms with Crippen LogP contribution in [0.15, 0.2) is 6.07 Å². The monoisotopic (exact) mass is 238 g/mol. The first-order chi connectivity index (χ1) is 7.54. The van der Waals surface area contributed by atoms with Gasteiger partial charge in [-0.05, 0) is 25.5 Å². The van der Waals surface area contributed by atoms with Crippen LogP contribution in [0, 0.1) is 13.8 Å². The lowest BCUT2D eigenvalue weighted by Gasteiger charge is -2.24. The summed E-state index contributed by atoms with van der Waals surface area (Å²) in [6.07, 6.45) is 0. The maximum atomic E-state index is 11.2. The highest BCUT2D eigenvalue weighted by molar-refractivity contribution is 7.12. The second-order valence-corrected chi connectivity index (χ2v) is 5.41. The Balaban J connectivity index is 2.04. The number of hydrogen-bond acceptors (Lipinski definition) is 4. The summed E-state index contributed by atoms with van der Waals surface area (Å²) in [5.41, 5.74) is 1.27. The number of rotatable bonds is 2. The van der Waals surface area contributed by atoms with Gasteiger partial charge >= 0.3 is 0 Å². The molecular weight excluding hydrogens is 224 g/mol. The molecule has 2 rings (SSSR count). The molecule has 4 nitrogen and oxygen atoms in total. The van der Waals surface area contributed by atoms with E-state index in [4.69, 9.17) is 0 Å². The van der Waals surface area contributed by atoms with Gasteiger partial charge in [0.05, 0.1) is 13.1 Å². The summed E-state index contributed by atoms with van der Waals surface area (Å²) >= 11 is 1.73. The van der Waals surface area contributed by atoms with E-state index in [0.717, 1.165) is 0 Å². The number of nitrogens with zero attached hydrogens (tertiary/aromatic N) is 1. The number of nitrogens with one attached hydrogen (secondary N) is 1. The zero-order valence-electron chi connectivity index (χ0n) is 9.37. The Morgan fingerprint density at radius 3 is 2.44 bits per heavy atom. The van der Waals surface area contributed by atoms with Gasteiger partial charge in [-0.1, -0.05) is 0 Å². The normalized spacial score (nSPS) is 17.6. The number of aryl methyl sites for hydroxylation is 2. The van der Waals surface area contributed by atoms with Crippen LogP contribution in [0.2, 0.25) is 0 Å². The van der Waals surface area contributed by atoms with E-state index in [2.05, 4.69) is 25.2 Å². The van der Waals surface area contributed by atoms with Crippen molar-refractivity contribution >= 4 is 23.2 Å². The molecule has 0 aromatic carbocycles. The highest BCUT2D eigenvalue weighted by Crippen LogP contribution is 2.22. The first kappa shape index (κ1) is 11.3. The fourth-order valence-corrected chi connectivity index (χ4v) is 2.85. The molecule has 0 radical (unpaired) electrons. The number of thiophene rings is 1. The van der Waals surface area contributed by atoms with Crippen LogP contribution in [0.3, 0.4) is 0 Å². The summed E-state index contributed by atoms with van der Waals surface area (Å²) in [4.78, 5) is 26.7. The van der Waals surface area contributed by atoms with Crippen molar-refractivity contribution in [2.24, 2.45) is 0 Å². The molecule has 2 heterocycles. The third-order valence-corrected chi connectivity index (χ3v) is 3.75. The van der Waals surface area contributed by atoms with E-state index >= 15 is 0 Å². The van der Waals surface area contributed by atoms with Gasteiger partial charge in [0.25, 0.3) is 0 Å². The predicted molar refractivity (Wildman–Crippen MR) is 62.2 cm³/mol. The van der Waals surface area contributed by atoms with E-state index < -0.39 is 0 Å². The van der Waals surface area contributed by atoms with Gasteiger partial charge in [0.2, 0.25) is 11.8 Å². The van der Waals surface area contributed by atoms with Crippen molar-refractivity contribution in [3.63, 3.8) is 0 Å². The first-order valence-electron chi connectivity index (χ1n) is 5.15. The smallest absolute Gasteiger partial charge is 0.240 e. The van der Waals surface area contributed by atoms with Gasteiger partial charge in [0.15, 0.2) is 0 Å². The number of imide groups is 1. The van der Waals surface area contributed by atoms with E-state index in [1.165, 1.54) is 15.3 Å². The van der Waals surface area contributed by atoms with Crippen molar-refractivity contribution in [1.82, 2.24) is 10.2 Å². The topological polar surface area (TPSA) is 49.4 Å². The van der Waals surface area contributed by atoms with Crippen LogP contribution in [0.5, 0.6) is 0 Å². The Labute approximate surface area is 98.3 Å². The molecule has 5 heteroatoms. The lowest BCUT2D eigenvalue weighted by Crippen LogP contribution is -2.50. The second-order valence-electron chi connectivity index (χ2n) is 4.07. The molecule has 0 saturated carbocycles. The van der Waals surface area contributed by atoms with Gasteiger partial charge in [-0.25, -0.2) is 0 Å². The quantitative estimate of drug-likeness (QED) is 0.776. The number of carbonyl (C=O) groups excluding carboxylic acids is 2. The average Bonchev–Trinajstić information content (AvgIpc) is 2.43. The molecule has 0 unspecified atom stereocenters. The second kappa shape index (κ2) is 4.35. The van der Waals surface area contributed by atoms with Crippen LogP contribution in [0.25, 0.3) is 0 Å². The third-order valence-electron chi connectivity index (χ3n) is 2.61. The lowest BCUT2D eigenvalue weighted by atomic mass is 10.2. The van der Waals surface area contributed by atoms with Crippen LogP contribution >= 0.6 is 11.3 Å². The molecule has 16 heavy (non-hydrogen) atoms. The fraction of sp³-hybridized carbons (Fsp3) is 0.455. The van der Waals surface area contributed by atoms with E-state index in [1.807, 2.05) is 4.90 Å². The summed E-state index contributed by atoms with van der Waals surface area (Å²) < 4.78 is 0. The maximum Gasteiger partial charge on any atom is 0.240 e. The molecular formula is C11H14N2O2S. The van der Waals surface area contributed by atoms with Gasteiger partial charge in [-0.3, -0.25) is 19.8 Å². The molecule has 1 saturated heterocycles. The number of carbonyl (C=O) groups is 2. The van der Waals surface area contributed by atoms with Gasteiger partial charge in [-0.15, -0.1) is 11.3 Å². The van der Waals surface area contributed by atoms with E-state index in [1.54, 1.807) is 11.3 Å².